The number of nitrogens with two attached hydrogens (primary N) is 1. The van der Waals surface area contributed by atoms with Gasteiger partial charge < -0.3 is 0 Å². The van der Waals surface area contributed by atoms with Gasteiger partial charge in [-0.3, -0.25) is 15.4 Å². The van der Waals surface area contributed by atoms with Gasteiger partial charge in [0.25, 0.3) is 0 Å². The SMILES string of the molecule is NC1([N+](=O)[O-])C=CC=C(Cl)N1. The minimum atomic E-state index is -1.76. The molecular formula is C5H6ClN3O2. The molecule has 0 aliphatic carbocycles. The van der Waals surface area contributed by atoms with Crippen LogP contribution in [0.4, 0.5) is 0 Å². The van der Waals surface area contributed by atoms with E-state index in [0.29, 0.717) is 0 Å². The summed E-state index contributed by atoms with van der Waals surface area (Å²) in [7, 11) is 0. The van der Waals surface area contributed by atoms with Gasteiger partial charge in [-0.1, -0.05) is 17.7 Å². The fraction of sp³-hybridized carbons (Fsp3) is 0.200. The Morgan fingerprint density at radius 1 is 1.82 bits per heavy atom. The van der Waals surface area contributed by atoms with Crippen molar-refractivity contribution in [3.63, 3.8) is 0 Å². The lowest BCUT2D eigenvalue weighted by Gasteiger charge is -2.20. The first-order valence-corrected chi connectivity index (χ1v) is 3.19. The smallest absolute Gasteiger partial charge is 0.294 e. The first-order chi connectivity index (χ1) is 5.04. The summed E-state index contributed by atoms with van der Waals surface area (Å²) in [5.74, 6) is -1.76. The molecule has 0 spiro atoms. The van der Waals surface area contributed by atoms with E-state index in [-0.39, 0.29) is 5.16 Å². The minimum absolute atomic E-state index is 0.159. The summed E-state index contributed by atoms with van der Waals surface area (Å²) in [6, 6.07) is 0. The highest BCUT2D eigenvalue weighted by atomic mass is 35.5. The summed E-state index contributed by atoms with van der Waals surface area (Å²) in [6.45, 7) is 0. The Labute approximate surface area is 67.7 Å². The van der Waals surface area contributed by atoms with Crippen LogP contribution in [0.5, 0.6) is 0 Å². The number of nitrogens with one attached hydrogen (secondary N) is 1. The van der Waals surface area contributed by atoms with Crippen molar-refractivity contribution in [3.05, 3.63) is 33.5 Å². The van der Waals surface area contributed by atoms with Gasteiger partial charge >= 0.3 is 5.79 Å². The van der Waals surface area contributed by atoms with E-state index in [1.807, 2.05) is 0 Å². The molecule has 60 valence electrons. The molecule has 0 amide bonds. The summed E-state index contributed by atoms with van der Waals surface area (Å²) in [6.07, 6.45) is 4.14. The summed E-state index contributed by atoms with van der Waals surface area (Å²) in [5, 5.41) is 12.8. The van der Waals surface area contributed by atoms with Gasteiger partial charge in [0.15, 0.2) is 0 Å². The Bertz CT molecular complexity index is 250. The van der Waals surface area contributed by atoms with E-state index >= 15 is 0 Å². The van der Waals surface area contributed by atoms with Crippen LogP contribution >= 0.6 is 11.6 Å². The number of halogens is 1. The normalized spacial score (nSPS) is 29.1. The Morgan fingerprint density at radius 3 is 2.82 bits per heavy atom. The molecule has 1 aliphatic heterocycles. The third-order valence-electron chi connectivity index (χ3n) is 1.21. The topological polar surface area (TPSA) is 81.2 Å². The molecule has 0 radical (unpaired) electrons. The van der Waals surface area contributed by atoms with Gasteiger partial charge in [0.1, 0.15) is 5.16 Å². The molecule has 0 bridgehead atoms. The molecule has 1 unspecified atom stereocenters. The van der Waals surface area contributed by atoms with Crippen LogP contribution in [0.25, 0.3) is 0 Å². The van der Waals surface area contributed by atoms with Crippen molar-refractivity contribution in [2.75, 3.05) is 0 Å². The van der Waals surface area contributed by atoms with Crippen LogP contribution in [-0.4, -0.2) is 10.7 Å². The standard InChI is InChI=1S/C5H6ClN3O2/c6-4-2-1-3-5(7,8-4)9(10)11/h1-3,8H,7H2. The number of nitrogens with zero attached hydrogens (tertiary/aromatic N) is 1. The summed E-state index contributed by atoms with van der Waals surface area (Å²) >= 11 is 5.46. The van der Waals surface area contributed by atoms with Crippen LogP contribution in [0.2, 0.25) is 0 Å². The maximum atomic E-state index is 10.3. The molecule has 0 saturated heterocycles. The molecule has 1 atom stereocenters. The van der Waals surface area contributed by atoms with Crippen molar-refractivity contribution in [1.82, 2.24) is 5.32 Å². The average Bonchev–Trinajstić information content (AvgIpc) is 1.86. The van der Waals surface area contributed by atoms with Gasteiger partial charge in [0.2, 0.25) is 0 Å². The van der Waals surface area contributed by atoms with Gasteiger partial charge in [-0.15, -0.1) is 0 Å². The van der Waals surface area contributed by atoms with Crippen LogP contribution in [0.15, 0.2) is 23.4 Å². The van der Waals surface area contributed by atoms with Crippen molar-refractivity contribution in [2.45, 2.75) is 5.79 Å². The third kappa shape index (κ3) is 1.50. The van der Waals surface area contributed by atoms with Gasteiger partial charge in [0.05, 0.1) is 4.92 Å². The maximum Gasteiger partial charge on any atom is 0.371 e. The molecule has 11 heavy (non-hydrogen) atoms. The van der Waals surface area contributed by atoms with Gasteiger partial charge in [-0.2, -0.15) is 0 Å². The van der Waals surface area contributed by atoms with E-state index in [1.54, 1.807) is 0 Å². The highest BCUT2D eigenvalue weighted by Crippen LogP contribution is 2.11. The molecule has 0 aromatic carbocycles. The number of hydrogen-bond donors (Lipinski definition) is 2. The van der Waals surface area contributed by atoms with Crippen LogP contribution in [-0.2, 0) is 0 Å². The van der Waals surface area contributed by atoms with E-state index in [1.165, 1.54) is 18.2 Å². The van der Waals surface area contributed by atoms with Crippen LogP contribution in [0.1, 0.15) is 0 Å². The Hall–Kier alpha value is -1.07. The second kappa shape index (κ2) is 2.52. The fourth-order valence-corrected chi connectivity index (χ4v) is 0.885. The van der Waals surface area contributed by atoms with Crippen LogP contribution in [0.3, 0.4) is 0 Å². The maximum absolute atomic E-state index is 10.3. The zero-order chi connectivity index (χ0) is 8.48. The first kappa shape index (κ1) is 8.03. The van der Waals surface area contributed by atoms with E-state index in [9.17, 15) is 10.1 Å². The van der Waals surface area contributed by atoms with Gasteiger partial charge in [0, 0.05) is 6.08 Å². The van der Waals surface area contributed by atoms with E-state index in [0.717, 1.165) is 0 Å². The van der Waals surface area contributed by atoms with E-state index < -0.39 is 10.7 Å². The molecule has 5 nitrogen and oxygen atoms in total. The Balaban J connectivity index is 2.86. The molecule has 6 heteroatoms. The molecule has 0 aromatic heterocycles. The summed E-state index contributed by atoms with van der Waals surface area (Å²) < 4.78 is 0. The van der Waals surface area contributed by atoms with Gasteiger partial charge in [-0.05, 0) is 6.08 Å². The van der Waals surface area contributed by atoms with Crippen LogP contribution in [0, 0.1) is 10.1 Å². The second-order valence-electron chi connectivity index (χ2n) is 2.08. The molecule has 3 N–H and O–H groups in total. The number of hydrogen-bond acceptors (Lipinski definition) is 4. The lowest BCUT2D eigenvalue weighted by atomic mass is 10.3. The molecule has 1 rings (SSSR count). The summed E-state index contributed by atoms with van der Waals surface area (Å²) in [5.41, 5.74) is 5.27. The zero-order valence-corrected chi connectivity index (χ0v) is 6.21. The van der Waals surface area contributed by atoms with Gasteiger partial charge in [-0.25, -0.2) is 5.73 Å². The van der Waals surface area contributed by atoms with Crippen molar-refractivity contribution in [1.29, 1.82) is 0 Å². The quantitative estimate of drug-likeness (QED) is 0.257. The number of dihydropyridines is 1. The first-order valence-electron chi connectivity index (χ1n) is 2.81. The highest BCUT2D eigenvalue weighted by molar-refractivity contribution is 6.29. The fourth-order valence-electron chi connectivity index (χ4n) is 0.660. The molecule has 0 saturated carbocycles. The molecule has 1 heterocycles. The summed E-state index contributed by atoms with van der Waals surface area (Å²) in [4.78, 5) is 9.65. The molecular weight excluding hydrogens is 170 g/mol. The lowest BCUT2D eigenvalue weighted by Crippen LogP contribution is -2.57. The average molecular weight is 176 g/mol. The zero-order valence-electron chi connectivity index (χ0n) is 5.45. The van der Waals surface area contributed by atoms with E-state index in [4.69, 9.17) is 17.3 Å². The monoisotopic (exact) mass is 175 g/mol. The molecule has 0 aromatic rings. The van der Waals surface area contributed by atoms with Crippen LogP contribution < -0.4 is 11.1 Å². The van der Waals surface area contributed by atoms with Crippen molar-refractivity contribution in [3.8, 4) is 0 Å². The van der Waals surface area contributed by atoms with Crippen molar-refractivity contribution >= 4 is 11.6 Å². The van der Waals surface area contributed by atoms with Crippen molar-refractivity contribution in [2.24, 2.45) is 5.73 Å². The highest BCUT2D eigenvalue weighted by Gasteiger charge is 2.36. The van der Waals surface area contributed by atoms with E-state index in [2.05, 4.69) is 5.32 Å². The third-order valence-corrected chi connectivity index (χ3v) is 1.44. The Kier molecular flexibility index (Phi) is 1.84. The second-order valence-corrected chi connectivity index (χ2v) is 2.49. The lowest BCUT2D eigenvalue weighted by molar-refractivity contribution is -0.560. The number of allylic oxidation sites excluding steroid dienone is 2. The molecule has 0 fully saturated rings. The largest absolute Gasteiger partial charge is 0.371 e. The predicted octanol–water partition coefficient (Wildman–Crippen LogP) is 0.115. The molecule has 1 aliphatic rings. The van der Waals surface area contributed by atoms with Crippen molar-refractivity contribution < 1.29 is 4.92 Å². The predicted molar refractivity (Wildman–Crippen MR) is 40.1 cm³/mol. The Morgan fingerprint density at radius 2 is 2.45 bits per heavy atom. The number of nitro groups is 1. The number of rotatable bonds is 1. The minimum Gasteiger partial charge on any atom is -0.294 e.